The van der Waals surface area contributed by atoms with Crippen molar-refractivity contribution in [1.29, 1.82) is 0 Å². The molecule has 1 aromatic rings. The third kappa shape index (κ3) is 2.86. The zero-order chi connectivity index (χ0) is 10.6. The lowest BCUT2D eigenvalue weighted by Gasteiger charge is -2.10. The van der Waals surface area contributed by atoms with E-state index in [0.717, 1.165) is 5.56 Å². The van der Waals surface area contributed by atoms with Crippen LogP contribution >= 0.6 is 0 Å². The predicted octanol–water partition coefficient (Wildman–Crippen LogP) is -0.263. The number of nitrogens with one attached hydrogen (secondary N) is 1. The lowest BCUT2D eigenvalue weighted by molar-refractivity contribution is 0.105. The molecule has 1 atom stereocenters. The number of rotatable bonds is 4. The minimum Gasteiger partial charge on any atom is -0.397 e. The first-order valence-corrected chi connectivity index (χ1v) is 4.38. The van der Waals surface area contributed by atoms with Gasteiger partial charge in [-0.3, -0.25) is 0 Å². The summed E-state index contributed by atoms with van der Waals surface area (Å²) in [6, 6.07) is 1.79. The summed E-state index contributed by atoms with van der Waals surface area (Å²) in [5, 5.41) is 20.5. The Balaban J connectivity index is 2.55. The van der Waals surface area contributed by atoms with Crippen molar-refractivity contribution < 1.29 is 10.2 Å². The van der Waals surface area contributed by atoms with Crippen LogP contribution in [-0.4, -0.2) is 34.5 Å². The Labute approximate surface area is 82.6 Å². The quantitative estimate of drug-likeness (QED) is 0.533. The van der Waals surface area contributed by atoms with Crippen molar-refractivity contribution in [1.82, 2.24) is 4.98 Å². The van der Waals surface area contributed by atoms with Gasteiger partial charge in [0.2, 0.25) is 0 Å². The summed E-state index contributed by atoms with van der Waals surface area (Å²) in [6.45, 7) is 1.89. The van der Waals surface area contributed by atoms with E-state index in [1.165, 1.54) is 0 Å². The van der Waals surface area contributed by atoms with Crippen LogP contribution in [0, 0.1) is 6.92 Å². The summed E-state index contributed by atoms with van der Waals surface area (Å²) in [6.07, 6.45) is 0.790. The molecule has 78 valence electrons. The number of anilines is 2. The molecule has 1 aromatic heterocycles. The van der Waals surface area contributed by atoms with E-state index < -0.39 is 6.10 Å². The molecule has 5 N–H and O–H groups in total. The Morgan fingerprint density at radius 2 is 2.36 bits per heavy atom. The summed E-state index contributed by atoms with van der Waals surface area (Å²) >= 11 is 0. The van der Waals surface area contributed by atoms with E-state index in [0.29, 0.717) is 11.5 Å². The molecular weight excluding hydrogens is 182 g/mol. The van der Waals surface area contributed by atoms with Crippen LogP contribution in [-0.2, 0) is 0 Å². The maximum absolute atomic E-state index is 9.08. The fraction of sp³-hybridized carbons (Fsp3) is 0.444. The zero-order valence-corrected chi connectivity index (χ0v) is 8.07. The molecule has 0 aliphatic carbocycles. The van der Waals surface area contributed by atoms with E-state index in [1.54, 1.807) is 12.3 Å². The number of aliphatic hydroxyl groups excluding tert-OH is 2. The van der Waals surface area contributed by atoms with Gasteiger partial charge in [0, 0.05) is 6.54 Å². The maximum atomic E-state index is 9.08. The highest BCUT2D eigenvalue weighted by molar-refractivity contribution is 5.50. The van der Waals surface area contributed by atoms with Gasteiger partial charge < -0.3 is 21.3 Å². The summed E-state index contributed by atoms with van der Waals surface area (Å²) in [7, 11) is 0. The largest absolute Gasteiger partial charge is 0.397 e. The fourth-order valence-corrected chi connectivity index (χ4v) is 0.950. The van der Waals surface area contributed by atoms with Gasteiger partial charge in [-0.2, -0.15) is 0 Å². The number of aliphatic hydroxyl groups is 2. The van der Waals surface area contributed by atoms with Crippen LogP contribution in [0.25, 0.3) is 0 Å². The van der Waals surface area contributed by atoms with Gasteiger partial charge in [-0.1, -0.05) is 0 Å². The normalized spacial score (nSPS) is 12.5. The van der Waals surface area contributed by atoms with Crippen molar-refractivity contribution in [3.05, 3.63) is 17.8 Å². The molecule has 0 saturated heterocycles. The predicted molar refractivity (Wildman–Crippen MR) is 55.0 cm³/mol. The van der Waals surface area contributed by atoms with Crippen LogP contribution in [0.4, 0.5) is 11.5 Å². The third-order valence-electron chi connectivity index (χ3n) is 1.88. The molecule has 0 bridgehead atoms. The van der Waals surface area contributed by atoms with E-state index >= 15 is 0 Å². The van der Waals surface area contributed by atoms with E-state index in [2.05, 4.69) is 10.3 Å². The SMILES string of the molecule is Cc1cc(NCC(O)CO)ncc1N. The number of nitrogens with zero attached hydrogens (tertiary/aromatic N) is 1. The second-order valence-electron chi connectivity index (χ2n) is 3.14. The first kappa shape index (κ1) is 10.7. The minimum absolute atomic E-state index is 0.263. The average Bonchev–Trinajstić information content (AvgIpc) is 2.19. The zero-order valence-electron chi connectivity index (χ0n) is 8.07. The molecule has 1 unspecified atom stereocenters. The molecule has 0 aliphatic heterocycles. The molecule has 0 amide bonds. The number of nitrogens with two attached hydrogens (primary N) is 1. The van der Waals surface area contributed by atoms with Gasteiger partial charge in [-0.15, -0.1) is 0 Å². The van der Waals surface area contributed by atoms with Gasteiger partial charge >= 0.3 is 0 Å². The van der Waals surface area contributed by atoms with Crippen molar-refractivity contribution in [2.75, 3.05) is 24.2 Å². The molecule has 14 heavy (non-hydrogen) atoms. The van der Waals surface area contributed by atoms with Gasteiger partial charge in [0.1, 0.15) is 5.82 Å². The highest BCUT2D eigenvalue weighted by Crippen LogP contribution is 2.12. The summed E-state index contributed by atoms with van der Waals surface area (Å²) in [4.78, 5) is 4.02. The average molecular weight is 197 g/mol. The summed E-state index contributed by atoms with van der Waals surface area (Å²) in [5.41, 5.74) is 7.16. The topological polar surface area (TPSA) is 91.4 Å². The van der Waals surface area contributed by atoms with Gasteiger partial charge in [0.05, 0.1) is 24.6 Å². The Morgan fingerprint density at radius 1 is 1.64 bits per heavy atom. The van der Waals surface area contributed by atoms with Crippen LogP contribution in [0.3, 0.4) is 0 Å². The number of hydrogen-bond donors (Lipinski definition) is 4. The molecule has 0 aliphatic rings. The monoisotopic (exact) mass is 197 g/mol. The highest BCUT2D eigenvalue weighted by Gasteiger charge is 2.02. The molecule has 0 aromatic carbocycles. The van der Waals surface area contributed by atoms with Crippen LogP contribution in [0.1, 0.15) is 5.56 Å². The van der Waals surface area contributed by atoms with Crippen molar-refractivity contribution in [3.63, 3.8) is 0 Å². The van der Waals surface area contributed by atoms with Gasteiger partial charge in [0.15, 0.2) is 0 Å². The number of pyridine rings is 1. The molecule has 5 nitrogen and oxygen atoms in total. The Morgan fingerprint density at radius 3 is 2.93 bits per heavy atom. The molecular formula is C9H15N3O2. The number of aromatic nitrogens is 1. The van der Waals surface area contributed by atoms with Crippen molar-refractivity contribution >= 4 is 11.5 Å². The Hall–Kier alpha value is -1.33. The van der Waals surface area contributed by atoms with Crippen molar-refractivity contribution in [2.24, 2.45) is 0 Å². The van der Waals surface area contributed by atoms with Crippen LogP contribution < -0.4 is 11.1 Å². The van der Waals surface area contributed by atoms with Crippen molar-refractivity contribution in [2.45, 2.75) is 13.0 Å². The molecule has 0 spiro atoms. The first-order valence-electron chi connectivity index (χ1n) is 4.38. The van der Waals surface area contributed by atoms with Gasteiger partial charge in [-0.25, -0.2) is 4.98 Å². The Kier molecular flexibility index (Phi) is 3.67. The van der Waals surface area contributed by atoms with E-state index in [9.17, 15) is 0 Å². The van der Waals surface area contributed by atoms with Gasteiger partial charge in [0.25, 0.3) is 0 Å². The third-order valence-corrected chi connectivity index (χ3v) is 1.88. The van der Waals surface area contributed by atoms with E-state index in [-0.39, 0.29) is 13.2 Å². The number of aryl methyl sites for hydroxylation is 1. The van der Waals surface area contributed by atoms with Crippen LogP contribution in [0.15, 0.2) is 12.3 Å². The van der Waals surface area contributed by atoms with Crippen LogP contribution in [0.5, 0.6) is 0 Å². The molecule has 1 heterocycles. The van der Waals surface area contributed by atoms with E-state index in [4.69, 9.17) is 15.9 Å². The lowest BCUT2D eigenvalue weighted by Crippen LogP contribution is -2.23. The highest BCUT2D eigenvalue weighted by atomic mass is 16.3. The Bertz CT molecular complexity index is 304. The summed E-state index contributed by atoms with van der Waals surface area (Å²) < 4.78 is 0. The molecule has 5 heteroatoms. The molecule has 0 saturated carbocycles. The first-order chi connectivity index (χ1) is 6.63. The maximum Gasteiger partial charge on any atom is 0.126 e. The molecule has 0 fully saturated rings. The summed E-state index contributed by atoms with van der Waals surface area (Å²) in [5.74, 6) is 0.643. The van der Waals surface area contributed by atoms with Crippen LogP contribution in [0.2, 0.25) is 0 Å². The van der Waals surface area contributed by atoms with Crippen molar-refractivity contribution in [3.8, 4) is 0 Å². The lowest BCUT2D eigenvalue weighted by atomic mass is 10.2. The second-order valence-corrected chi connectivity index (χ2v) is 3.14. The van der Waals surface area contributed by atoms with E-state index in [1.807, 2.05) is 6.92 Å². The fourth-order valence-electron chi connectivity index (χ4n) is 0.950. The molecule has 0 radical (unpaired) electrons. The van der Waals surface area contributed by atoms with Gasteiger partial charge in [-0.05, 0) is 18.6 Å². The number of hydrogen-bond acceptors (Lipinski definition) is 5. The molecule has 1 rings (SSSR count). The number of nitrogen functional groups attached to an aromatic ring is 1. The standard InChI is InChI=1S/C9H15N3O2/c1-6-2-9(12-4-8(6)10)11-3-7(14)5-13/h2,4,7,13-14H,3,5,10H2,1H3,(H,11,12). The minimum atomic E-state index is -0.769. The smallest absolute Gasteiger partial charge is 0.126 e. The second kappa shape index (κ2) is 4.78.